The summed E-state index contributed by atoms with van der Waals surface area (Å²) in [6.45, 7) is 2.11. The van der Waals surface area contributed by atoms with Gasteiger partial charge in [-0.15, -0.1) is 11.3 Å². The summed E-state index contributed by atoms with van der Waals surface area (Å²) in [5.74, 6) is 0. The number of aromatic nitrogens is 1. The molecule has 0 bridgehead atoms. The molecule has 0 N–H and O–H groups in total. The molecule has 0 spiro atoms. The van der Waals surface area contributed by atoms with Gasteiger partial charge in [0.15, 0.2) is 0 Å². The summed E-state index contributed by atoms with van der Waals surface area (Å²) in [5.41, 5.74) is 4.40. The summed E-state index contributed by atoms with van der Waals surface area (Å²) in [4.78, 5) is 8.69. The molecule has 1 aliphatic heterocycles. The molecule has 0 fully saturated rings. The molecule has 4 rings (SSSR count). The Labute approximate surface area is 133 Å². The fraction of sp³-hybridized carbons (Fsp3) is 0.222. The van der Waals surface area contributed by atoms with E-state index in [1.165, 1.54) is 16.3 Å². The van der Waals surface area contributed by atoms with Crippen LogP contribution in [0.15, 0.2) is 48.2 Å². The van der Waals surface area contributed by atoms with E-state index in [0.717, 1.165) is 36.5 Å². The highest BCUT2D eigenvalue weighted by Crippen LogP contribution is 2.31. The number of hydrogen-bond acceptors (Lipinski definition) is 4. The summed E-state index contributed by atoms with van der Waals surface area (Å²) in [7, 11) is 0. The fourth-order valence-electron chi connectivity index (χ4n) is 2.83. The standard InChI is InChI=1S/C18H15N3S/c19-12-13-4-6-14(7-5-13)18-20-16-8-10-21(15-2-1-3-15)11-9-17(16)22-18/h1-7H,8-11H2. The summed E-state index contributed by atoms with van der Waals surface area (Å²) in [5, 5.41) is 9.96. The average Bonchev–Trinajstić information content (AvgIpc) is 2.82. The second kappa shape index (κ2) is 5.43. The minimum Gasteiger partial charge on any atom is -0.371 e. The summed E-state index contributed by atoms with van der Waals surface area (Å²) in [6, 6.07) is 9.86. The van der Waals surface area contributed by atoms with E-state index in [-0.39, 0.29) is 0 Å². The number of nitriles is 1. The SMILES string of the molecule is N#Cc1ccc(-c2nc3c(s2)CCN(C2=CC=C2)CC3)cc1. The van der Waals surface area contributed by atoms with Crippen LogP contribution in [-0.4, -0.2) is 23.0 Å². The molecule has 0 saturated heterocycles. The molecule has 2 aliphatic rings. The first-order chi connectivity index (χ1) is 10.8. The summed E-state index contributed by atoms with van der Waals surface area (Å²) >= 11 is 1.80. The van der Waals surface area contributed by atoms with Crippen LogP contribution in [-0.2, 0) is 12.8 Å². The van der Waals surface area contributed by atoms with E-state index >= 15 is 0 Å². The van der Waals surface area contributed by atoms with Crippen molar-refractivity contribution in [3.63, 3.8) is 0 Å². The van der Waals surface area contributed by atoms with Gasteiger partial charge in [0.1, 0.15) is 5.01 Å². The van der Waals surface area contributed by atoms with E-state index in [2.05, 4.69) is 29.2 Å². The van der Waals surface area contributed by atoms with E-state index in [4.69, 9.17) is 10.2 Å². The number of nitrogens with zero attached hydrogens (tertiary/aromatic N) is 3. The van der Waals surface area contributed by atoms with Crippen molar-refractivity contribution in [3.05, 3.63) is 64.3 Å². The maximum atomic E-state index is 8.88. The average molecular weight is 305 g/mol. The van der Waals surface area contributed by atoms with Crippen LogP contribution in [0, 0.1) is 11.3 Å². The van der Waals surface area contributed by atoms with Crippen LogP contribution in [0.3, 0.4) is 0 Å². The van der Waals surface area contributed by atoms with Gasteiger partial charge in [-0.25, -0.2) is 4.98 Å². The number of allylic oxidation sites excluding steroid dienone is 3. The van der Waals surface area contributed by atoms with Crippen molar-refractivity contribution in [2.75, 3.05) is 13.1 Å². The molecule has 0 unspecified atom stereocenters. The van der Waals surface area contributed by atoms with Gasteiger partial charge >= 0.3 is 0 Å². The van der Waals surface area contributed by atoms with Crippen molar-refractivity contribution in [3.8, 4) is 16.6 Å². The Morgan fingerprint density at radius 2 is 1.91 bits per heavy atom. The predicted octanol–water partition coefficient (Wildman–Crippen LogP) is 3.54. The third kappa shape index (κ3) is 2.34. The highest BCUT2D eigenvalue weighted by atomic mass is 32.1. The monoisotopic (exact) mass is 305 g/mol. The molecule has 4 heteroatoms. The van der Waals surface area contributed by atoms with Gasteiger partial charge in [-0.05, 0) is 24.3 Å². The van der Waals surface area contributed by atoms with Crippen molar-refractivity contribution < 1.29 is 0 Å². The van der Waals surface area contributed by atoms with E-state index in [1.807, 2.05) is 24.3 Å². The zero-order chi connectivity index (χ0) is 14.9. The Bertz CT molecular complexity index is 780. The van der Waals surface area contributed by atoms with Gasteiger partial charge in [-0.1, -0.05) is 18.2 Å². The van der Waals surface area contributed by atoms with E-state index in [0.29, 0.717) is 5.56 Å². The molecule has 1 aromatic heterocycles. The zero-order valence-corrected chi connectivity index (χ0v) is 12.9. The van der Waals surface area contributed by atoms with Crippen LogP contribution in [0.5, 0.6) is 0 Å². The molecule has 0 radical (unpaired) electrons. The van der Waals surface area contributed by atoms with Crippen molar-refractivity contribution >= 4 is 11.3 Å². The number of hydrogen-bond donors (Lipinski definition) is 0. The smallest absolute Gasteiger partial charge is 0.123 e. The minimum absolute atomic E-state index is 0.694. The van der Waals surface area contributed by atoms with Crippen LogP contribution < -0.4 is 0 Å². The molecule has 1 aliphatic carbocycles. The second-order valence-electron chi connectivity index (χ2n) is 5.52. The van der Waals surface area contributed by atoms with E-state index in [9.17, 15) is 0 Å². The van der Waals surface area contributed by atoms with Gasteiger partial charge in [0.25, 0.3) is 0 Å². The van der Waals surface area contributed by atoms with Crippen LogP contribution in [0.1, 0.15) is 16.1 Å². The summed E-state index contributed by atoms with van der Waals surface area (Å²) in [6.07, 6.45) is 8.52. The van der Waals surface area contributed by atoms with Crippen molar-refractivity contribution in [2.24, 2.45) is 0 Å². The lowest BCUT2D eigenvalue weighted by atomic mass is 10.1. The van der Waals surface area contributed by atoms with Crippen LogP contribution in [0.4, 0.5) is 0 Å². The van der Waals surface area contributed by atoms with Crippen LogP contribution in [0.2, 0.25) is 0 Å². The molecule has 1 aromatic carbocycles. The van der Waals surface area contributed by atoms with Crippen LogP contribution >= 0.6 is 11.3 Å². The van der Waals surface area contributed by atoms with Gasteiger partial charge < -0.3 is 4.90 Å². The Morgan fingerprint density at radius 1 is 1.14 bits per heavy atom. The normalized spacial score (nSPS) is 16.3. The van der Waals surface area contributed by atoms with Gasteiger partial charge in [-0.2, -0.15) is 5.26 Å². The molecule has 0 saturated carbocycles. The van der Waals surface area contributed by atoms with Gasteiger partial charge in [0.2, 0.25) is 0 Å². The van der Waals surface area contributed by atoms with E-state index < -0.39 is 0 Å². The molecule has 0 atom stereocenters. The second-order valence-corrected chi connectivity index (χ2v) is 6.60. The molecular weight excluding hydrogens is 290 g/mol. The van der Waals surface area contributed by atoms with Crippen molar-refractivity contribution in [2.45, 2.75) is 12.8 Å². The maximum Gasteiger partial charge on any atom is 0.123 e. The molecule has 3 nitrogen and oxygen atoms in total. The number of rotatable bonds is 2. The largest absolute Gasteiger partial charge is 0.371 e. The lowest BCUT2D eigenvalue weighted by molar-refractivity contribution is 0.369. The van der Waals surface area contributed by atoms with Gasteiger partial charge in [-0.3, -0.25) is 0 Å². The van der Waals surface area contributed by atoms with Crippen LogP contribution in [0.25, 0.3) is 10.6 Å². The Kier molecular flexibility index (Phi) is 3.28. The quantitative estimate of drug-likeness (QED) is 0.852. The molecule has 0 amide bonds. The Morgan fingerprint density at radius 3 is 2.59 bits per heavy atom. The van der Waals surface area contributed by atoms with Crippen molar-refractivity contribution in [1.29, 1.82) is 5.26 Å². The third-order valence-electron chi connectivity index (χ3n) is 4.17. The molecule has 2 heterocycles. The first kappa shape index (κ1) is 13.3. The number of thiazole rings is 1. The Balaban J connectivity index is 1.55. The third-order valence-corrected chi connectivity index (χ3v) is 5.37. The topological polar surface area (TPSA) is 39.9 Å². The highest BCUT2D eigenvalue weighted by Gasteiger charge is 2.20. The lowest BCUT2D eigenvalue weighted by Crippen LogP contribution is -2.26. The molecular formula is C18H15N3S. The number of fused-ring (bicyclic) bond motifs is 1. The lowest BCUT2D eigenvalue weighted by Gasteiger charge is -2.26. The molecule has 22 heavy (non-hydrogen) atoms. The first-order valence-electron chi connectivity index (χ1n) is 7.46. The van der Waals surface area contributed by atoms with Gasteiger partial charge in [0, 0.05) is 42.1 Å². The zero-order valence-electron chi connectivity index (χ0n) is 12.1. The predicted molar refractivity (Wildman–Crippen MR) is 88.5 cm³/mol. The molecule has 108 valence electrons. The number of benzene rings is 1. The Hall–Kier alpha value is -2.38. The van der Waals surface area contributed by atoms with Gasteiger partial charge in [0.05, 0.1) is 17.3 Å². The summed E-state index contributed by atoms with van der Waals surface area (Å²) < 4.78 is 0. The first-order valence-corrected chi connectivity index (χ1v) is 8.27. The fourth-order valence-corrected chi connectivity index (χ4v) is 3.93. The molecule has 2 aromatic rings. The maximum absolute atomic E-state index is 8.88. The highest BCUT2D eigenvalue weighted by molar-refractivity contribution is 7.15. The minimum atomic E-state index is 0.694. The van der Waals surface area contributed by atoms with E-state index in [1.54, 1.807) is 11.3 Å². The van der Waals surface area contributed by atoms with Crippen molar-refractivity contribution in [1.82, 2.24) is 9.88 Å².